The van der Waals surface area contributed by atoms with Crippen LogP contribution in [0.5, 0.6) is 5.75 Å². The minimum absolute atomic E-state index is 0.0497. The van der Waals surface area contributed by atoms with Crippen LogP contribution in [0.2, 0.25) is 0 Å². The molecule has 31 heteroatoms. The highest BCUT2D eigenvalue weighted by atomic mass is 32.2. The van der Waals surface area contributed by atoms with Crippen molar-refractivity contribution in [3.05, 3.63) is 234 Å². The summed E-state index contributed by atoms with van der Waals surface area (Å²) in [6.07, 6.45) is 7.37. The quantitative estimate of drug-likeness (QED) is 0.0114. The van der Waals surface area contributed by atoms with Crippen LogP contribution in [-0.2, 0) is 135 Å². The number of carbonyl (C=O) groups excluding carboxylic acids is 8. The summed E-state index contributed by atoms with van der Waals surface area (Å²) in [5.74, 6) is -1.42. The molecule has 0 amide bonds. The fraction of sp³-hybridized carbons (Fsp3) is 0.477. The van der Waals surface area contributed by atoms with Gasteiger partial charge in [0, 0.05) is 28.5 Å². The Kier molecular flexibility index (Phi) is 49.0. The van der Waals surface area contributed by atoms with E-state index in [0.717, 1.165) is 60.3 Å². The van der Waals surface area contributed by atoms with E-state index in [4.69, 9.17) is 23.7 Å². The number of ketones is 1. The van der Waals surface area contributed by atoms with E-state index in [1.807, 2.05) is 93.5 Å². The third-order valence-electron chi connectivity index (χ3n) is 22.4. The summed E-state index contributed by atoms with van der Waals surface area (Å²) in [4.78, 5) is 102. The molecule has 9 aromatic rings. The molecule has 2 fully saturated rings. The van der Waals surface area contributed by atoms with Gasteiger partial charge in [-0.3, -0.25) is 33.6 Å². The molecule has 1 saturated heterocycles. The minimum Gasteiger partial charge on any atom is -0.748 e. The van der Waals surface area contributed by atoms with Gasteiger partial charge < -0.3 is 51.6 Å². The second-order valence-electron chi connectivity index (χ2n) is 39.9. The Morgan fingerprint density at radius 3 is 1.10 bits per heavy atom. The number of Topliss-reactive ketones (excluding diaryl/α,β-unsaturated/α-hetero) is 1. The van der Waals surface area contributed by atoms with Gasteiger partial charge in [-0.25, -0.2) is 30.0 Å². The monoisotopic (exact) mass is 2070 g/mol. The Balaban J connectivity index is 0.000000266. The van der Waals surface area contributed by atoms with Crippen LogP contribution >= 0.6 is 0 Å². The zero-order valence-electron chi connectivity index (χ0n) is 85.9. The number of fused-ring (bicyclic) bond motifs is 2. The summed E-state index contributed by atoms with van der Waals surface area (Å²) >= 11 is 0. The Morgan fingerprint density at radius 2 is 0.754 bits per heavy atom. The van der Waals surface area contributed by atoms with Gasteiger partial charge in [0.05, 0.1) is 97.0 Å². The third-order valence-corrected chi connectivity index (χ3v) is 31.4. The molecule has 25 nitrogen and oxygen atoms in total. The number of ether oxygens (including phenoxy) is 8. The van der Waals surface area contributed by atoms with Crippen LogP contribution in [0.25, 0.3) is 21.5 Å². The smallest absolute Gasteiger partial charge is 0.344 e. The average molecular weight is 2070 g/mol. The Morgan fingerprint density at radius 1 is 0.401 bits per heavy atom. The predicted octanol–water partition coefficient (Wildman–Crippen LogP) is 21.7. The first-order valence-corrected chi connectivity index (χ1v) is 57.2. The maximum absolute atomic E-state index is 12.6. The fourth-order valence-electron chi connectivity index (χ4n) is 15.1. The molecule has 3 unspecified atom stereocenters. The maximum atomic E-state index is 12.6. The number of benzene rings is 9. The van der Waals surface area contributed by atoms with Crippen molar-refractivity contribution in [1.82, 2.24) is 0 Å². The zero-order chi connectivity index (χ0) is 105. The van der Waals surface area contributed by atoms with Crippen LogP contribution in [-0.4, -0.2) is 171 Å². The third kappa shape index (κ3) is 46.0. The second kappa shape index (κ2) is 57.7. The number of rotatable bonds is 38. The first-order valence-electron chi connectivity index (χ1n) is 48.3. The van der Waals surface area contributed by atoms with Gasteiger partial charge in [-0.05, 0) is 206 Å². The van der Waals surface area contributed by atoms with Crippen LogP contribution < -0.4 is 4.74 Å². The lowest BCUT2D eigenvalue weighted by molar-refractivity contribution is -0.162. The molecule has 0 radical (unpaired) electrons. The summed E-state index contributed by atoms with van der Waals surface area (Å²) in [6, 6.07) is 73.8. The normalized spacial score (nSPS) is 13.9. The van der Waals surface area contributed by atoms with E-state index in [1.165, 1.54) is 86.4 Å². The molecule has 142 heavy (non-hydrogen) atoms. The first kappa shape index (κ1) is 121. The summed E-state index contributed by atoms with van der Waals surface area (Å²) in [5, 5.41) is 5.26. The highest BCUT2D eigenvalue weighted by molar-refractivity contribution is 7.98. The second-order valence-corrected chi connectivity index (χ2v) is 50.7. The van der Waals surface area contributed by atoms with Gasteiger partial charge in [0.25, 0.3) is 0 Å². The van der Waals surface area contributed by atoms with E-state index >= 15 is 0 Å². The molecule has 0 N–H and O–H groups in total. The molecule has 0 bridgehead atoms. The lowest BCUT2D eigenvalue weighted by Crippen LogP contribution is -2.33. The van der Waals surface area contributed by atoms with Crippen molar-refractivity contribution in [3.63, 3.8) is 0 Å². The standard InChI is InChI=1S/C30H27S.C29H33O3S.3C13H24O7S.C13H17OS/c1-30(2,3)24-18-20-25(21-19-24)31(28-16-8-12-22-10-4-6-14-26(22)28)29-17-9-13-23-11-5-7-15-27(23)29;1-4-29(17-11-12-18-29)32-27(30)21-31-28-22(2)19-26(20-23(28)3)33(24-13-7-5-8-14-24)25-15-9-6-10-16-25;3*1-5-10(20-12(15)9-13(2,3)4)8-11(14)19-6-7-21(16,17)18;1-11-4-6-12(7-5-11)13(14)10-15-8-2-3-9-15/h4-21H,1-3H3;5-10,13-16,19-20H,4,11-12,17-18,21H2,1-3H3;3*10H,5-9H2,1-4H3,(H,16,17,18);4-7H,2-3,8-10H2,1H3/q2*+1;;;;+1/p-3. The molecule has 776 valence electrons. The van der Waals surface area contributed by atoms with Crippen molar-refractivity contribution >= 4 is 132 Å². The Bertz CT molecular complexity index is 5540. The summed E-state index contributed by atoms with van der Waals surface area (Å²) < 4.78 is 134. The summed E-state index contributed by atoms with van der Waals surface area (Å²) in [6.45, 7) is 35.9. The van der Waals surface area contributed by atoms with E-state index in [9.17, 15) is 77.3 Å². The van der Waals surface area contributed by atoms with Gasteiger partial charge in [-0.15, -0.1) is 0 Å². The van der Waals surface area contributed by atoms with Gasteiger partial charge >= 0.3 is 41.8 Å². The van der Waals surface area contributed by atoms with Crippen LogP contribution in [0, 0.1) is 37.0 Å². The topological polar surface area (TPSA) is 382 Å². The molecule has 9 aromatic carbocycles. The molecular weight excluding hydrogens is 1930 g/mol. The van der Waals surface area contributed by atoms with Crippen LogP contribution in [0.4, 0.5) is 0 Å². The Labute approximate surface area is 851 Å². The van der Waals surface area contributed by atoms with Crippen molar-refractivity contribution in [2.45, 2.75) is 293 Å². The van der Waals surface area contributed by atoms with Gasteiger partial charge in [0.1, 0.15) is 71.9 Å². The molecular formula is C111H146O25S6. The molecule has 1 heterocycles. The first-order chi connectivity index (χ1) is 66.6. The summed E-state index contributed by atoms with van der Waals surface area (Å²) in [7, 11) is -13.2. The van der Waals surface area contributed by atoms with E-state index in [1.54, 1.807) is 20.8 Å². The van der Waals surface area contributed by atoms with E-state index in [-0.39, 0.29) is 100 Å². The molecule has 0 spiro atoms. The van der Waals surface area contributed by atoms with E-state index in [0.29, 0.717) is 35.9 Å². The van der Waals surface area contributed by atoms with Gasteiger partial charge in [-0.2, -0.15) is 0 Å². The lowest BCUT2D eigenvalue weighted by Gasteiger charge is -2.27. The van der Waals surface area contributed by atoms with Gasteiger partial charge in [-0.1, -0.05) is 250 Å². The van der Waals surface area contributed by atoms with Crippen molar-refractivity contribution in [3.8, 4) is 5.75 Å². The van der Waals surface area contributed by atoms with Crippen LogP contribution in [0.3, 0.4) is 0 Å². The van der Waals surface area contributed by atoms with E-state index in [2.05, 4.69) is 238 Å². The van der Waals surface area contributed by atoms with E-state index < -0.39 is 122 Å². The van der Waals surface area contributed by atoms with Gasteiger partial charge in [0.2, 0.25) is 5.78 Å². The average Bonchev–Trinajstić information content (AvgIpc) is 0.791. The largest absolute Gasteiger partial charge is 0.748 e. The summed E-state index contributed by atoms with van der Waals surface area (Å²) in [5.41, 5.74) is 4.78. The van der Waals surface area contributed by atoms with Crippen LogP contribution in [0.1, 0.15) is 246 Å². The van der Waals surface area contributed by atoms with Gasteiger partial charge in [0.15, 0.2) is 41.7 Å². The van der Waals surface area contributed by atoms with Crippen molar-refractivity contribution < 1.29 is 115 Å². The SMILES string of the molecule is CC(C)(C)c1ccc([S+](c2cccc3ccccc23)c2cccc3ccccc23)cc1.CCC(CC(=O)OCCS(=O)(=O)[O-])OC(=O)CC(C)(C)C.CCC(CC(=O)OCCS(=O)(=O)[O-])OC(=O)CC(C)(C)C.CCC(CC(=O)OCCS(=O)(=O)[O-])OC(=O)CC(C)(C)C.CCC1(OC(=O)COc2c(C)cc([S+](c3ccccc3)c3ccccc3)cc2C)CCCC1.Cc1ccc(C(=O)C[S+]2CCCC2)cc1. The highest BCUT2D eigenvalue weighted by Crippen LogP contribution is 2.42. The lowest BCUT2D eigenvalue weighted by atomic mass is 9.87. The van der Waals surface area contributed by atoms with Crippen molar-refractivity contribution in [2.75, 3.05) is 60.9 Å². The number of aryl methyl sites for hydroxylation is 3. The Hall–Kier alpha value is -9.96. The number of hydrogen-bond acceptors (Lipinski definition) is 25. The molecule has 1 aliphatic carbocycles. The zero-order valence-corrected chi connectivity index (χ0v) is 90.8. The molecule has 11 rings (SSSR count). The number of carbonyl (C=O) groups is 8. The molecule has 0 aromatic heterocycles. The van der Waals surface area contributed by atoms with Crippen LogP contribution in [0.15, 0.2) is 236 Å². The number of hydrogen-bond donors (Lipinski definition) is 0. The number of esters is 7. The van der Waals surface area contributed by atoms with Crippen molar-refractivity contribution in [2.24, 2.45) is 16.2 Å². The highest BCUT2D eigenvalue weighted by Gasteiger charge is 2.38. The molecule has 3 atom stereocenters. The molecule has 1 aliphatic heterocycles. The fourth-order valence-corrected chi connectivity index (χ4v) is 22.9. The minimum atomic E-state index is -4.41. The maximum Gasteiger partial charge on any atom is 0.344 e. The van der Waals surface area contributed by atoms with Crippen molar-refractivity contribution in [1.29, 1.82) is 0 Å². The molecule has 2 aliphatic rings. The molecule has 1 saturated carbocycles. The predicted molar refractivity (Wildman–Crippen MR) is 559 cm³/mol.